The van der Waals surface area contributed by atoms with E-state index in [9.17, 15) is 14.0 Å². The number of halogens is 2. The Morgan fingerprint density at radius 1 is 1.42 bits per heavy atom. The molecule has 0 unspecified atom stereocenters. The average molecular weight is 413 g/mol. The van der Waals surface area contributed by atoms with Gasteiger partial charge in [0.1, 0.15) is 12.4 Å². The lowest BCUT2D eigenvalue weighted by Crippen LogP contribution is -2.13. The van der Waals surface area contributed by atoms with Gasteiger partial charge < -0.3 is 10.1 Å². The Kier molecular flexibility index (Phi) is 5.25. The lowest BCUT2D eigenvalue weighted by molar-refractivity contribution is -0.144. The number of nitrogens with one attached hydrogen (secondary N) is 1. The average Bonchev–Trinajstić information content (AvgIpc) is 3.31. The first-order valence-electron chi connectivity index (χ1n) is 7.36. The normalized spacial score (nSPS) is 13.6. The standard InChI is InChI=1S/C16H14BrFN2O3S/c17-12-3-1-2-10(14(12)18)7-23-13(21)6-11-8-24-16(19-11)20-15(22)9-4-5-9/h1-3,8-9H,4-7H2,(H,19,20,22). The predicted molar refractivity (Wildman–Crippen MR) is 91.1 cm³/mol. The lowest BCUT2D eigenvalue weighted by atomic mass is 10.2. The van der Waals surface area contributed by atoms with Crippen LogP contribution in [0.2, 0.25) is 0 Å². The molecule has 0 radical (unpaired) electrons. The van der Waals surface area contributed by atoms with Crippen molar-refractivity contribution in [2.75, 3.05) is 5.32 Å². The number of ether oxygens (including phenoxy) is 1. The van der Waals surface area contributed by atoms with Crippen LogP contribution in [-0.2, 0) is 27.4 Å². The van der Waals surface area contributed by atoms with Gasteiger partial charge in [-0.05, 0) is 34.8 Å². The molecule has 0 spiro atoms. The Morgan fingerprint density at radius 2 is 2.21 bits per heavy atom. The number of benzene rings is 1. The van der Waals surface area contributed by atoms with Crippen LogP contribution in [0.1, 0.15) is 24.1 Å². The number of esters is 1. The molecule has 1 N–H and O–H groups in total. The minimum Gasteiger partial charge on any atom is -0.460 e. The fourth-order valence-corrected chi connectivity index (χ4v) is 3.14. The van der Waals surface area contributed by atoms with Gasteiger partial charge in [0.25, 0.3) is 0 Å². The maximum Gasteiger partial charge on any atom is 0.312 e. The molecule has 126 valence electrons. The van der Waals surface area contributed by atoms with Crippen molar-refractivity contribution >= 4 is 44.3 Å². The Balaban J connectivity index is 1.50. The van der Waals surface area contributed by atoms with Gasteiger partial charge in [-0.3, -0.25) is 9.59 Å². The molecule has 1 aromatic carbocycles. The maximum atomic E-state index is 13.8. The van der Waals surface area contributed by atoms with Crippen molar-refractivity contribution in [1.29, 1.82) is 0 Å². The van der Waals surface area contributed by atoms with Crippen molar-refractivity contribution in [3.8, 4) is 0 Å². The summed E-state index contributed by atoms with van der Waals surface area (Å²) in [7, 11) is 0. The minimum atomic E-state index is -0.500. The van der Waals surface area contributed by atoms with E-state index in [2.05, 4.69) is 26.2 Å². The summed E-state index contributed by atoms with van der Waals surface area (Å²) >= 11 is 4.35. The van der Waals surface area contributed by atoms with E-state index in [1.807, 2.05) is 0 Å². The van der Waals surface area contributed by atoms with E-state index in [1.165, 1.54) is 11.3 Å². The first kappa shape index (κ1) is 17.0. The van der Waals surface area contributed by atoms with Gasteiger partial charge in [0, 0.05) is 16.9 Å². The van der Waals surface area contributed by atoms with Gasteiger partial charge in [-0.15, -0.1) is 11.3 Å². The first-order chi connectivity index (χ1) is 11.5. The number of hydrogen-bond acceptors (Lipinski definition) is 5. The zero-order valence-electron chi connectivity index (χ0n) is 12.6. The zero-order valence-corrected chi connectivity index (χ0v) is 15.0. The van der Waals surface area contributed by atoms with Gasteiger partial charge in [-0.1, -0.05) is 12.1 Å². The molecule has 1 heterocycles. The monoisotopic (exact) mass is 412 g/mol. The van der Waals surface area contributed by atoms with Crippen LogP contribution >= 0.6 is 27.3 Å². The molecule has 1 amide bonds. The number of rotatable bonds is 6. The van der Waals surface area contributed by atoms with E-state index in [-0.39, 0.29) is 24.9 Å². The minimum absolute atomic E-state index is 0.0224. The molecule has 0 atom stereocenters. The lowest BCUT2D eigenvalue weighted by Gasteiger charge is -2.06. The molecule has 5 nitrogen and oxygen atoms in total. The predicted octanol–water partition coefficient (Wildman–Crippen LogP) is 3.68. The highest BCUT2D eigenvalue weighted by atomic mass is 79.9. The van der Waals surface area contributed by atoms with Crippen molar-refractivity contribution in [3.63, 3.8) is 0 Å². The second-order valence-electron chi connectivity index (χ2n) is 5.46. The Labute approximate surface area is 150 Å². The molecule has 2 aromatic rings. The third kappa shape index (κ3) is 4.39. The summed E-state index contributed by atoms with van der Waals surface area (Å²) in [4.78, 5) is 27.7. The second-order valence-corrected chi connectivity index (χ2v) is 7.17. The number of anilines is 1. The van der Waals surface area contributed by atoms with Crippen LogP contribution < -0.4 is 5.32 Å². The summed E-state index contributed by atoms with van der Waals surface area (Å²) < 4.78 is 19.2. The van der Waals surface area contributed by atoms with Crippen LogP contribution in [0.15, 0.2) is 28.1 Å². The Morgan fingerprint density at radius 3 is 2.96 bits per heavy atom. The number of hydrogen-bond donors (Lipinski definition) is 1. The number of amides is 1. The van der Waals surface area contributed by atoms with Crippen LogP contribution in [-0.4, -0.2) is 16.9 Å². The molecular formula is C16H14BrFN2O3S. The van der Waals surface area contributed by atoms with E-state index in [0.29, 0.717) is 20.9 Å². The van der Waals surface area contributed by atoms with E-state index in [1.54, 1.807) is 23.6 Å². The van der Waals surface area contributed by atoms with Crippen LogP contribution in [0, 0.1) is 11.7 Å². The molecule has 8 heteroatoms. The Hall–Kier alpha value is -1.80. The summed E-state index contributed by atoms with van der Waals surface area (Å²) in [6, 6.07) is 4.81. The number of carbonyl (C=O) groups excluding carboxylic acids is 2. The van der Waals surface area contributed by atoms with Crippen LogP contribution in [0.4, 0.5) is 9.52 Å². The smallest absolute Gasteiger partial charge is 0.312 e. The maximum absolute atomic E-state index is 13.8. The molecule has 1 aliphatic carbocycles. The summed E-state index contributed by atoms with van der Waals surface area (Å²) in [6.07, 6.45) is 1.82. The zero-order chi connectivity index (χ0) is 17.1. The van der Waals surface area contributed by atoms with Gasteiger partial charge in [-0.25, -0.2) is 9.37 Å². The third-order valence-electron chi connectivity index (χ3n) is 3.48. The SMILES string of the molecule is O=C(Cc1csc(NC(=O)C2CC2)n1)OCc1cccc(Br)c1F. The molecule has 24 heavy (non-hydrogen) atoms. The van der Waals surface area contributed by atoms with Crippen molar-refractivity contribution in [1.82, 2.24) is 4.98 Å². The van der Waals surface area contributed by atoms with Crippen molar-refractivity contribution in [2.24, 2.45) is 5.92 Å². The molecule has 1 aromatic heterocycles. The topological polar surface area (TPSA) is 68.3 Å². The summed E-state index contributed by atoms with van der Waals surface area (Å²) in [5.41, 5.74) is 0.819. The van der Waals surface area contributed by atoms with Gasteiger partial charge in [0.05, 0.1) is 16.6 Å². The van der Waals surface area contributed by atoms with Gasteiger partial charge >= 0.3 is 5.97 Å². The molecule has 1 fully saturated rings. The van der Waals surface area contributed by atoms with Gasteiger partial charge in [-0.2, -0.15) is 0 Å². The molecule has 0 bridgehead atoms. The van der Waals surface area contributed by atoms with Crippen molar-refractivity contribution in [3.05, 3.63) is 45.1 Å². The van der Waals surface area contributed by atoms with E-state index < -0.39 is 11.8 Å². The number of nitrogens with zero attached hydrogens (tertiary/aromatic N) is 1. The van der Waals surface area contributed by atoms with E-state index in [0.717, 1.165) is 12.8 Å². The van der Waals surface area contributed by atoms with Crippen LogP contribution in [0.5, 0.6) is 0 Å². The number of thiazole rings is 1. The summed E-state index contributed by atoms with van der Waals surface area (Å²) in [5.74, 6) is -0.866. The van der Waals surface area contributed by atoms with Gasteiger partial charge in [0.2, 0.25) is 5.91 Å². The number of carbonyl (C=O) groups is 2. The quantitative estimate of drug-likeness (QED) is 0.734. The highest BCUT2D eigenvalue weighted by molar-refractivity contribution is 9.10. The van der Waals surface area contributed by atoms with Crippen molar-refractivity contribution in [2.45, 2.75) is 25.9 Å². The fourth-order valence-electron chi connectivity index (χ4n) is 2.02. The third-order valence-corrected chi connectivity index (χ3v) is 4.89. The molecule has 1 aliphatic rings. The largest absolute Gasteiger partial charge is 0.460 e. The highest BCUT2D eigenvalue weighted by Gasteiger charge is 2.30. The summed E-state index contributed by atoms with van der Waals surface area (Å²) in [5, 5.41) is 4.91. The number of aromatic nitrogens is 1. The van der Waals surface area contributed by atoms with Gasteiger partial charge in [0.15, 0.2) is 5.13 Å². The molecule has 3 rings (SSSR count). The molecule has 1 saturated carbocycles. The van der Waals surface area contributed by atoms with Crippen molar-refractivity contribution < 1.29 is 18.7 Å². The highest BCUT2D eigenvalue weighted by Crippen LogP contribution is 2.30. The van der Waals surface area contributed by atoms with Crippen LogP contribution in [0.3, 0.4) is 0 Å². The first-order valence-corrected chi connectivity index (χ1v) is 9.04. The Bertz CT molecular complexity index is 776. The van der Waals surface area contributed by atoms with E-state index in [4.69, 9.17) is 4.74 Å². The second kappa shape index (κ2) is 7.40. The molecule has 0 saturated heterocycles. The molecule has 0 aliphatic heterocycles. The molecular weight excluding hydrogens is 399 g/mol. The van der Waals surface area contributed by atoms with Crippen LogP contribution in [0.25, 0.3) is 0 Å². The van der Waals surface area contributed by atoms with E-state index >= 15 is 0 Å². The summed E-state index contributed by atoms with van der Waals surface area (Å²) in [6.45, 7) is -0.139. The fraction of sp³-hybridized carbons (Fsp3) is 0.312.